The van der Waals surface area contributed by atoms with Crippen LogP contribution in [0, 0.1) is 17.2 Å². The van der Waals surface area contributed by atoms with Gasteiger partial charge in [0.2, 0.25) is 0 Å². The summed E-state index contributed by atoms with van der Waals surface area (Å²) in [7, 11) is 2.13. The highest BCUT2D eigenvalue weighted by Gasteiger charge is 2.15. The van der Waals surface area contributed by atoms with Crippen LogP contribution in [-0.2, 0) is 0 Å². The molecule has 0 aromatic carbocycles. The van der Waals surface area contributed by atoms with Crippen molar-refractivity contribution in [1.29, 1.82) is 5.26 Å². The second-order valence-corrected chi connectivity index (χ2v) is 5.26. The summed E-state index contributed by atoms with van der Waals surface area (Å²) in [6.45, 7) is 11.8. The van der Waals surface area contributed by atoms with E-state index in [0.717, 1.165) is 13.0 Å². The minimum absolute atomic E-state index is 0.0261. The van der Waals surface area contributed by atoms with Crippen LogP contribution in [0.4, 0.5) is 0 Å². The fourth-order valence-corrected chi connectivity index (χ4v) is 1.63. The normalized spacial score (nSPS) is 15.5. The van der Waals surface area contributed by atoms with Crippen molar-refractivity contribution in [3.05, 3.63) is 0 Å². The van der Waals surface area contributed by atoms with Gasteiger partial charge in [0.1, 0.15) is 0 Å². The Morgan fingerprint density at radius 1 is 1.19 bits per heavy atom. The van der Waals surface area contributed by atoms with E-state index in [0.29, 0.717) is 18.0 Å². The number of nitrogens with zero attached hydrogens (tertiary/aromatic N) is 2. The molecular formula is C13H27N3. The van der Waals surface area contributed by atoms with Crippen LogP contribution >= 0.6 is 0 Å². The molecule has 16 heavy (non-hydrogen) atoms. The Morgan fingerprint density at radius 2 is 1.75 bits per heavy atom. The van der Waals surface area contributed by atoms with E-state index in [4.69, 9.17) is 5.26 Å². The van der Waals surface area contributed by atoms with Gasteiger partial charge in [-0.25, -0.2) is 0 Å². The van der Waals surface area contributed by atoms with Gasteiger partial charge < -0.3 is 4.90 Å². The number of nitriles is 1. The first kappa shape index (κ1) is 15.4. The Kier molecular flexibility index (Phi) is 7.36. The molecule has 0 aliphatic heterocycles. The molecule has 1 N–H and O–H groups in total. The molecule has 0 radical (unpaired) electrons. The first-order chi connectivity index (χ1) is 7.38. The lowest BCUT2D eigenvalue weighted by molar-refractivity contribution is 0.201. The van der Waals surface area contributed by atoms with Gasteiger partial charge in [0.25, 0.3) is 0 Å². The van der Waals surface area contributed by atoms with Crippen LogP contribution in [0.3, 0.4) is 0 Å². The summed E-state index contributed by atoms with van der Waals surface area (Å²) in [6, 6.07) is 3.23. The predicted octanol–water partition coefficient (Wildman–Crippen LogP) is 2.24. The monoisotopic (exact) mass is 225 g/mol. The van der Waals surface area contributed by atoms with E-state index in [9.17, 15) is 0 Å². The highest BCUT2D eigenvalue weighted by Crippen LogP contribution is 2.08. The zero-order chi connectivity index (χ0) is 12.7. The Hall–Kier alpha value is -0.590. The molecule has 0 bridgehead atoms. The molecule has 3 nitrogen and oxygen atoms in total. The van der Waals surface area contributed by atoms with E-state index in [-0.39, 0.29) is 6.04 Å². The quantitative estimate of drug-likeness (QED) is 0.722. The predicted molar refractivity (Wildman–Crippen MR) is 69.2 cm³/mol. The van der Waals surface area contributed by atoms with Gasteiger partial charge in [-0.15, -0.1) is 0 Å². The van der Waals surface area contributed by atoms with Crippen molar-refractivity contribution in [2.75, 3.05) is 13.6 Å². The fraction of sp³-hybridized carbons (Fsp3) is 0.923. The van der Waals surface area contributed by atoms with Gasteiger partial charge >= 0.3 is 0 Å². The molecule has 0 rings (SSSR count). The minimum atomic E-state index is -0.0261. The molecule has 94 valence electrons. The van der Waals surface area contributed by atoms with E-state index >= 15 is 0 Å². The van der Waals surface area contributed by atoms with Crippen molar-refractivity contribution in [3.63, 3.8) is 0 Å². The van der Waals surface area contributed by atoms with Gasteiger partial charge in [0.15, 0.2) is 0 Å². The molecule has 0 aromatic heterocycles. The Labute approximate surface area is 101 Å². The summed E-state index contributed by atoms with van der Waals surface area (Å²) in [6.07, 6.45) is 0.891. The van der Waals surface area contributed by atoms with E-state index in [1.165, 1.54) is 0 Å². The summed E-state index contributed by atoms with van der Waals surface area (Å²) < 4.78 is 0. The van der Waals surface area contributed by atoms with Gasteiger partial charge in [0, 0.05) is 18.6 Å². The number of nitrogens with one attached hydrogen (secondary N) is 1. The largest absolute Gasteiger partial charge is 0.303 e. The van der Waals surface area contributed by atoms with E-state index in [2.05, 4.69) is 58.0 Å². The third-order valence-corrected chi connectivity index (χ3v) is 3.12. The molecular weight excluding hydrogens is 198 g/mol. The van der Waals surface area contributed by atoms with Crippen LogP contribution in [0.1, 0.15) is 41.0 Å². The summed E-state index contributed by atoms with van der Waals surface area (Å²) in [5, 5.41) is 12.3. The topological polar surface area (TPSA) is 39.1 Å². The Bertz CT molecular complexity index is 218. The standard InChI is InChI=1S/C13H27N3/c1-10(2)12(5)16(6)8-7-13(9-14)15-11(3)4/h10-13,15H,7-8H2,1-6H3. The van der Waals surface area contributed by atoms with Crippen molar-refractivity contribution in [1.82, 2.24) is 10.2 Å². The van der Waals surface area contributed by atoms with Crippen LogP contribution < -0.4 is 5.32 Å². The van der Waals surface area contributed by atoms with Crippen LogP contribution in [-0.4, -0.2) is 36.6 Å². The maximum atomic E-state index is 9.00. The van der Waals surface area contributed by atoms with Crippen LogP contribution in [0.2, 0.25) is 0 Å². The zero-order valence-corrected chi connectivity index (χ0v) is 11.6. The maximum absolute atomic E-state index is 9.00. The maximum Gasteiger partial charge on any atom is 0.0967 e. The molecule has 0 aliphatic carbocycles. The summed E-state index contributed by atoms with van der Waals surface area (Å²) in [5.74, 6) is 0.656. The number of rotatable bonds is 7. The van der Waals surface area contributed by atoms with E-state index in [1.54, 1.807) is 0 Å². The molecule has 3 heteroatoms. The molecule has 0 aliphatic rings. The molecule has 0 spiro atoms. The average molecular weight is 225 g/mol. The Morgan fingerprint density at radius 3 is 2.12 bits per heavy atom. The lowest BCUT2D eigenvalue weighted by atomic mass is 10.0. The van der Waals surface area contributed by atoms with Crippen molar-refractivity contribution < 1.29 is 0 Å². The molecule has 0 aromatic rings. The molecule has 2 unspecified atom stereocenters. The second-order valence-electron chi connectivity index (χ2n) is 5.26. The molecule has 0 saturated carbocycles. The first-order valence-electron chi connectivity index (χ1n) is 6.24. The van der Waals surface area contributed by atoms with E-state index < -0.39 is 0 Å². The molecule has 0 heterocycles. The van der Waals surface area contributed by atoms with Crippen molar-refractivity contribution >= 4 is 0 Å². The third kappa shape index (κ3) is 6.09. The fourth-order valence-electron chi connectivity index (χ4n) is 1.63. The highest BCUT2D eigenvalue weighted by atomic mass is 15.1. The van der Waals surface area contributed by atoms with Gasteiger partial charge in [-0.1, -0.05) is 13.8 Å². The Balaban J connectivity index is 3.98. The first-order valence-corrected chi connectivity index (χ1v) is 6.24. The average Bonchev–Trinajstić information content (AvgIpc) is 2.21. The number of hydrogen-bond acceptors (Lipinski definition) is 3. The smallest absolute Gasteiger partial charge is 0.0967 e. The van der Waals surface area contributed by atoms with Crippen LogP contribution in [0.5, 0.6) is 0 Å². The number of hydrogen-bond donors (Lipinski definition) is 1. The summed E-state index contributed by atoms with van der Waals surface area (Å²) in [5.41, 5.74) is 0. The summed E-state index contributed by atoms with van der Waals surface area (Å²) in [4.78, 5) is 2.33. The molecule has 0 fully saturated rings. The van der Waals surface area contributed by atoms with Gasteiger partial charge in [-0.05, 0) is 40.2 Å². The third-order valence-electron chi connectivity index (χ3n) is 3.12. The molecule has 2 atom stereocenters. The minimum Gasteiger partial charge on any atom is -0.303 e. The van der Waals surface area contributed by atoms with Crippen molar-refractivity contribution in [2.45, 2.75) is 59.2 Å². The second kappa shape index (κ2) is 7.65. The van der Waals surface area contributed by atoms with Gasteiger partial charge in [-0.3, -0.25) is 5.32 Å². The van der Waals surface area contributed by atoms with Crippen molar-refractivity contribution in [2.24, 2.45) is 5.92 Å². The lowest BCUT2D eigenvalue weighted by Gasteiger charge is -2.28. The lowest BCUT2D eigenvalue weighted by Crippen LogP contribution is -2.39. The zero-order valence-electron chi connectivity index (χ0n) is 11.6. The van der Waals surface area contributed by atoms with Crippen molar-refractivity contribution in [3.8, 4) is 6.07 Å². The van der Waals surface area contributed by atoms with Crippen LogP contribution in [0.25, 0.3) is 0 Å². The molecule has 0 saturated heterocycles. The van der Waals surface area contributed by atoms with Gasteiger partial charge in [0.05, 0.1) is 12.1 Å². The highest BCUT2D eigenvalue weighted by molar-refractivity contribution is 4.91. The van der Waals surface area contributed by atoms with Gasteiger partial charge in [-0.2, -0.15) is 5.26 Å². The molecule has 0 amide bonds. The SMILES string of the molecule is CC(C)NC(C#N)CCN(C)C(C)C(C)C. The summed E-state index contributed by atoms with van der Waals surface area (Å²) >= 11 is 0. The van der Waals surface area contributed by atoms with E-state index in [1.807, 2.05) is 0 Å². The van der Waals surface area contributed by atoms with Crippen LogP contribution in [0.15, 0.2) is 0 Å².